The van der Waals surface area contributed by atoms with Crippen LogP contribution in [0, 0.1) is 11.7 Å². The van der Waals surface area contributed by atoms with Crippen molar-refractivity contribution in [3.8, 4) is 0 Å². The zero-order valence-electron chi connectivity index (χ0n) is 9.75. The van der Waals surface area contributed by atoms with Crippen LogP contribution in [0.1, 0.15) is 12.0 Å². The summed E-state index contributed by atoms with van der Waals surface area (Å²) in [5.74, 6) is 0.615. The minimum Gasteiger partial charge on any atom is -0.319 e. The van der Waals surface area contributed by atoms with Crippen molar-refractivity contribution in [2.24, 2.45) is 5.92 Å². The summed E-state index contributed by atoms with van der Waals surface area (Å²) in [5.41, 5.74) is 1.20. The molecular weight excluding hydrogens is 203 g/mol. The van der Waals surface area contributed by atoms with E-state index in [4.69, 9.17) is 0 Å². The normalized spacial score (nSPS) is 21.5. The number of benzene rings is 1. The third-order valence-corrected chi connectivity index (χ3v) is 3.18. The Bertz CT molecular complexity index is 323. The van der Waals surface area contributed by atoms with Crippen LogP contribution >= 0.6 is 0 Å². The molecule has 1 saturated heterocycles. The predicted octanol–water partition coefficient (Wildman–Crippen LogP) is 1.87. The quantitative estimate of drug-likeness (QED) is 0.836. The predicted molar refractivity (Wildman–Crippen MR) is 63.7 cm³/mol. The molecule has 88 valence electrons. The molecule has 16 heavy (non-hydrogen) atoms. The molecule has 2 rings (SSSR count). The lowest BCUT2D eigenvalue weighted by atomic mass is 10.1. The highest BCUT2D eigenvalue weighted by molar-refractivity contribution is 5.16. The molecule has 3 heteroatoms. The monoisotopic (exact) mass is 222 g/mol. The van der Waals surface area contributed by atoms with Gasteiger partial charge in [0.2, 0.25) is 0 Å². The highest BCUT2D eigenvalue weighted by Crippen LogP contribution is 2.18. The molecule has 1 atom stereocenters. The minimum atomic E-state index is -0.154. The van der Waals surface area contributed by atoms with E-state index < -0.39 is 0 Å². The molecule has 1 fully saturated rings. The fourth-order valence-corrected chi connectivity index (χ4v) is 2.36. The van der Waals surface area contributed by atoms with Crippen LogP contribution in [-0.4, -0.2) is 31.6 Å². The lowest BCUT2D eigenvalue weighted by molar-refractivity contribution is 0.315. The van der Waals surface area contributed by atoms with E-state index in [0.29, 0.717) is 0 Å². The summed E-state index contributed by atoms with van der Waals surface area (Å²) in [6, 6.07) is 6.83. The van der Waals surface area contributed by atoms with Crippen molar-refractivity contribution in [2.75, 3.05) is 26.7 Å². The van der Waals surface area contributed by atoms with Crippen molar-refractivity contribution in [1.29, 1.82) is 0 Å². The first-order chi connectivity index (χ1) is 7.78. The number of nitrogens with zero attached hydrogens (tertiary/aromatic N) is 1. The van der Waals surface area contributed by atoms with E-state index in [9.17, 15) is 4.39 Å². The maximum absolute atomic E-state index is 12.7. The van der Waals surface area contributed by atoms with Gasteiger partial charge in [-0.2, -0.15) is 0 Å². The molecule has 1 N–H and O–H groups in total. The molecule has 0 aliphatic carbocycles. The van der Waals surface area contributed by atoms with Crippen molar-refractivity contribution >= 4 is 0 Å². The fraction of sp³-hybridized carbons (Fsp3) is 0.538. The van der Waals surface area contributed by atoms with Crippen LogP contribution in [-0.2, 0) is 6.54 Å². The average molecular weight is 222 g/mol. The molecule has 1 unspecified atom stereocenters. The molecule has 2 nitrogen and oxygen atoms in total. The zero-order chi connectivity index (χ0) is 11.4. The first kappa shape index (κ1) is 11.6. The number of rotatable bonds is 4. The van der Waals surface area contributed by atoms with Crippen molar-refractivity contribution in [3.63, 3.8) is 0 Å². The topological polar surface area (TPSA) is 15.3 Å². The van der Waals surface area contributed by atoms with Crippen LogP contribution in [0.2, 0.25) is 0 Å². The van der Waals surface area contributed by atoms with Gasteiger partial charge in [-0.25, -0.2) is 4.39 Å². The molecule has 0 bridgehead atoms. The molecule has 0 radical (unpaired) electrons. The largest absolute Gasteiger partial charge is 0.319 e. The standard InChI is InChI=1S/C13H19FN2/c1-15-8-12-6-7-16(10-12)9-11-2-4-13(14)5-3-11/h2-5,12,15H,6-10H2,1H3. The first-order valence-electron chi connectivity index (χ1n) is 5.89. The number of hydrogen-bond acceptors (Lipinski definition) is 2. The van der Waals surface area contributed by atoms with Gasteiger partial charge in [-0.05, 0) is 50.2 Å². The van der Waals surface area contributed by atoms with Crippen LogP contribution in [0.3, 0.4) is 0 Å². The van der Waals surface area contributed by atoms with Gasteiger partial charge in [0.1, 0.15) is 5.82 Å². The van der Waals surface area contributed by atoms with Crippen molar-refractivity contribution in [2.45, 2.75) is 13.0 Å². The van der Waals surface area contributed by atoms with Gasteiger partial charge >= 0.3 is 0 Å². The average Bonchev–Trinajstić information content (AvgIpc) is 2.70. The van der Waals surface area contributed by atoms with E-state index >= 15 is 0 Å². The summed E-state index contributed by atoms with van der Waals surface area (Å²) in [7, 11) is 2.00. The molecule has 1 aromatic carbocycles. The lowest BCUT2D eigenvalue weighted by Gasteiger charge is -2.15. The Morgan fingerprint density at radius 2 is 2.12 bits per heavy atom. The first-order valence-corrected chi connectivity index (χ1v) is 5.89. The molecule has 0 saturated carbocycles. The van der Waals surface area contributed by atoms with Crippen molar-refractivity contribution in [1.82, 2.24) is 10.2 Å². The van der Waals surface area contributed by atoms with Gasteiger partial charge in [-0.3, -0.25) is 4.90 Å². The summed E-state index contributed by atoms with van der Waals surface area (Å²) in [6.07, 6.45) is 1.27. The highest BCUT2D eigenvalue weighted by atomic mass is 19.1. The Balaban J connectivity index is 1.84. The molecule has 1 aliphatic heterocycles. The van der Waals surface area contributed by atoms with Gasteiger partial charge in [0, 0.05) is 13.1 Å². The number of likely N-dealkylation sites (tertiary alicyclic amines) is 1. The summed E-state index contributed by atoms with van der Waals surface area (Å²) >= 11 is 0. The second-order valence-corrected chi connectivity index (χ2v) is 4.57. The number of hydrogen-bond donors (Lipinski definition) is 1. The minimum absolute atomic E-state index is 0.154. The summed E-state index contributed by atoms with van der Waals surface area (Å²) < 4.78 is 12.7. The summed E-state index contributed by atoms with van der Waals surface area (Å²) in [4.78, 5) is 2.44. The maximum atomic E-state index is 12.7. The smallest absolute Gasteiger partial charge is 0.123 e. The van der Waals surface area contributed by atoms with Crippen LogP contribution in [0.15, 0.2) is 24.3 Å². The van der Waals surface area contributed by atoms with Gasteiger partial charge in [0.05, 0.1) is 0 Å². The molecule has 1 heterocycles. The van der Waals surface area contributed by atoms with E-state index in [1.54, 1.807) is 0 Å². The Hall–Kier alpha value is -0.930. The molecule has 0 spiro atoms. The maximum Gasteiger partial charge on any atom is 0.123 e. The van der Waals surface area contributed by atoms with E-state index in [2.05, 4.69) is 10.2 Å². The van der Waals surface area contributed by atoms with Crippen LogP contribution < -0.4 is 5.32 Å². The van der Waals surface area contributed by atoms with Crippen LogP contribution in [0.4, 0.5) is 4.39 Å². The Morgan fingerprint density at radius 1 is 1.38 bits per heavy atom. The van der Waals surface area contributed by atoms with E-state index in [1.165, 1.54) is 24.1 Å². The highest BCUT2D eigenvalue weighted by Gasteiger charge is 2.21. The zero-order valence-corrected chi connectivity index (χ0v) is 9.75. The summed E-state index contributed by atoms with van der Waals surface area (Å²) in [6.45, 7) is 4.35. The number of nitrogens with one attached hydrogen (secondary N) is 1. The second-order valence-electron chi connectivity index (χ2n) is 4.57. The SMILES string of the molecule is CNCC1CCN(Cc2ccc(F)cc2)C1. The lowest BCUT2D eigenvalue weighted by Crippen LogP contribution is -2.24. The van der Waals surface area contributed by atoms with Crippen molar-refractivity contribution in [3.05, 3.63) is 35.6 Å². The third-order valence-electron chi connectivity index (χ3n) is 3.18. The molecule has 1 aliphatic rings. The van der Waals surface area contributed by atoms with E-state index in [-0.39, 0.29) is 5.82 Å². The molecular formula is C13H19FN2. The van der Waals surface area contributed by atoms with Crippen LogP contribution in [0.5, 0.6) is 0 Å². The van der Waals surface area contributed by atoms with Crippen molar-refractivity contribution < 1.29 is 4.39 Å². The van der Waals surface area contributed by atoms with Gasteiger partial charge < -0.3 is 5.32 Å². The van der Waals surface area contributed by atoms with Gasteiger partial charge in [0.15, 0.2) is 0 Å². The van der Waals surface area contributed by atoms with Gasteiger partial charge in [-0.1, -0.05) is 12.1 Å². The molecule has 1 aromatic rings. The molecule has 0 amide bonds. The Morgan fingerprint density at radius 3 is 2.81 bits per heavy atom. The van der Waals surface area contributed by atoms with E-state index in [1.807, 2.05) is 19.2 Å². The number of halogens is 1. The Labute approximate surface area is 96.5 Å². The van der Waals surface area contributed by atoms with E-state index in [0.717, 1.165) is 32.1 Å². The third kappa shape index (κ3) is 3.03. The van der Waals surface area contributed by atoms with Crippen LogP contribution in [0.25, 0.3) is 0 Å². The Kier molecular flexibility index (Phi) is 3.91. The fourth-order valence-electron chi connectivity index (χ4n) is 2.36. The molecule has 0 aromatic heterocycles. The summed E-state index contributed by atoms with van der Waals surface area (Å²) in [5, 5.41) is 3.23. The second kappa shape index (κ2) is 5.41. The van der Waals surface area contributed by atoms with Gasteiger partial charge in [-0.15, -0.1) is 0 Å². The van der Waals surface area contributed by atoms with Gasteiger partial charge in [0.25, 0.3) is 0 Å².